The second-order valence-corrected chi connectivity index (χ2v) is 4.45. The van der Waals surface area contributed by atoms with Gasteiger partial charge in [-0.25, -0.2) is 0 Å². The van der Waals surface area contributed by atoms with Gasteiger partial charge in [-0.3, -0.25) is 9.08 Å². The van der Waals surface area contributed by atoms with Crippen LogP contribution in [-0.2, 0) is 7.05 Å². The summed E-state index contributed by atoms with van der Waals surface area (Å²) in [6, 6.07) is 5.57. The molecule has 3 heterocycles. The minimum Gasteiger partial charge on any atom is -0.282 e. The molecule has 3 aromatic heterocycles. The molecule has 0 fully saturated rings. The molecule has 0 atom stereocenters. The van der Waals surface area contributed by atoms with E-state index in [9.17, 15) is 0 Å². The van der Waals surface area contributed by atoms with Crippen molar-refractivity contribution in [3.8, 4) is 17.5 Å². The third-order valence-electron chi connectivity index (χ3n) is 3.27. The average Bonchev–Trinajstić information content (AvgIpc) is 2.91. The number of rotatable bonds is 1. The molecule has 0 aliphatic heterocycles. The van der Waals surface area contributed by atoms with Crippen LogP contribution in [0.15, 0.2) is 18.3 Å². The summed E-state index contributed by atoms with van der Waals surface area (Å²) < 4.78 is 3.70. The number of pyridine rings is 1. The number of hydrogen-bond acceptors (Lipinski definition) is 4. The van der Waals surface area contributed by atoms with E-state index in [-0.39, 0.29) is 0 Å². The van der Waals surface area contributed by atoms with Crippen LogP contribution >= 0.6 is 0 Å². The fourth-order valence-electron chi connectivity index (χ4n) is 2.23. The van der Waals surface area contributed by atoms with Crippen molar-refractivity contribution < 1.29 is 0 Å². The molecule has 94 valence electrons. The monoisotopic (exact) mass is 252 g/mol. The summed E-state index contributed by atoms with van der Waals surface area (Å²) in [6.45, 7) is 3.95. The van der Waals surface area contributed by atoms with E-state index in [0.717, 1.165) is 22.8 Å². The lowest BCUT2D eigenvalue weighted by Crippen LogP contribution is -1.94. The number of hydrogen-bond donors (Lipinski definition) is 0. The van der Waals surface area contributed by atoms with E-state index < -0.39 is 0 Å². The Kier molecular flexibility index (Phi) is 2.35. The lowest BCUT2D eigenvalue weighted by Gasteiger charge is -2.00. The van der Waals surface area contributed by atoms with Crippen molar-refractivity contribution in [2.45, 2.75) is 13.8 Å². The minimum atomic E-state index is 0.575. The Bertz CT molecular complexity index is 818. The molecule has 6 nitrogen and oxygen atoms in total. The quantitative estimate of drug-likeness (QED) is 0.659. The number of nitriles is 1. The standard InChI is InChI=1S/C13H12N6/c1-8-12(9(2)18(3)17-8)13-16-15-11-6-10(7-14)4-5-19(11)13/h4-6H,1-3H3. The van der Waals surface area contributed by atoms with Crippen LogP contribution in [-0.4, -0.2) is 24.4 Å². The van der Waals surface area contributed by atoms with Gasteiger partial charge in [-0.15, -0.1) is 10.2 Å². The Balaban J connectivity index is 2.29. The van der Waals surface area contributed by atoms with Gasteiger partial charge in [0.1, 0.15) is 0 Å². The molecule has 0 bridgehead atoms. The highest BCUT2D eigenvalue weighted by Gasteiger charge is 2.17. The summed E-state index contributed by atoms with van der Waals surface area (Å²) in [5, 5.41) is 21.6. The van der Waals surface area contributed by atoms with Gasteiger partial charge >= 0.3 is 0 Å². The SMILES string of the molecule is Cc1nn(C)c(C)c1-c1nnc2cc(C#N)ccn12. The molecule has 0 radical (unpaired) electrons. The molecule has 0 amide bonds. The van der Waals surface area contributed by atoms with Gasteiger partial charge in [0, 0.05) is 25.0 Å². The predicted octanol–water partition coefficient (Wildman–Crippen LogP) is 1.62. The highest BCUT2D eigenvalue weighted by Crippen LogP contribution is 2.25. The van der Waals surface area contributed by atoms with Crippen LogP contribution in [0.5, 0.6) is 0 Å². The summed E-state index contributed by atoms with van der Waals surface area (Å²) in [4.78, 5) is 0. The maximum atomic E-state index is 8.89. The first-order chi connectivity index (χ1) is 9.11. The highest BCUT2D eigenvalue weighted by atomic mass is 15.3. The molecule has 19 heavy (non-hydrogen) atoms. The normalized spacial score (nSPS) is 10.8. The molecule has 0 saturated carbocycles. The van der Waals surface area contributed by atoms with E-state index in [4.69, 9.17) is 5.26 Å². The zero-order valence-corrected chi connectivity index (χ0v) is 10.9. The summed E-state index contributed by atoms with van der Waals surface area (Å²) >= 11 is 0. The van der Waals surface area contributed by atoms with E-state index >= 15 is 0 Å². The van der Waals surface area contributed by atoms with Crippen molar-refractivity contribution in [2.75, 3.05) is 0 Å². The van der Waals surface area contributed by atoms with Crippen LogP contribution in [0.3, 0.4) is 0 Å². The first-order valence-corrected chi connectivity index (χ1v) is 5.87. The molecule has 0 aliphatic carbocycles. The van der Waals surface area contributed by atoms with Crippen LogP contribution in [0.25, 0.3) is 17.0 Å². The van der Waals surface area contributed by atoms with Gasteiger partial charge in [-0.05, 0) is 19.9 Å². The fourth-order valence-corrected chi connectivity index (χ4v) is 2.23. The maximum absolute atomic E-state index is 8.89. The third-order valence-corrected chi connectivity index (χ3v) is 3.27. The van der Waals surface area contributed by atoms with Gasteiger partial charge in [0.2, 0.25) is 0 Å². The van der Waals surface area contributed by atoms with Crippen LogP contribution in [0, 0.1) is 25.2 Å². The van der Waals surface area contributed by atoms with E-state index in [1.54, 1.807) is 12.1 Å². The zero-order chi connectivity index (χ0) is 13.6. The number of aryl methyl sites for hydroxylation is 2. The Hall–Kier alpha value is -2.68. The molecule has 0 saturated heterocycles. The molecule has 3 rings (SSSR count). The Labute approximate surface area is 109 Å². The lowest BCUT2D eigenvalue weighted by atomic mass is 10.2. The smallest absolute Gasteiger partial charge is 0.172 e. The third kappa shape index (κ3) is 1.59. The second kappa shape index (κ2) is 3.92. The van der Waals surface area contributed by atoms with Crippen molar-refractivity contribution in [2.24, 2.45) is 7.05 Å². The maximum Gasteiger partial charge on any atom is 0.172 e. The molecular formula is C13H12N6. The molecule has 0 unspecified atom stereocenters. The zero-order valence-electron chi connectivity index (χ0n) is 10.9. The van der Waals surface area contributed by atoms with Gasteiger partial charge < -0.3 is 0 Å². The van der Waals surface area contributed by atoms with Crippen LogP contribution < -0.4 is 0 Å². The summed E-state index contributed by atoms with van der Waals surface area (Å²) in [7, 11) is 1.91. The summed E-state index contributed by atoms with van der Waals surface area (Å²) in [5.41, 5.74) is 4.18. The van der Waals surface area contributed by atoms with Gasteiger partial charge in [0.25, 0.3) is 0 Å². The topological polar surface area (TPSA) is 71.8 Å². The number of nitrogens with zero attached hydrogens (tertiary/aromatic N) is 6. The van der Waals surface area contributed by atoms with Gasteiger partial charge in [-0.2, -0.15) is 10.4 Å². The van der Waals surface area contributed by atoms with Gasteiger partial charge in [0.15, 0.2) is 11.5 Å². The Morgan fingerprint density at radius 1 is 1.26 bits per heavy atom. The number of fused-ring (bicyclic) bond motifs is 1. The van der Waals surface area contributed by atoms with E-state index in [1.165, 1.54) is 0 Å². The van der Waals surface area contributed by atoms with E-state index in [1.807, 2.05) is 36.2 Å². The van der Waals surface area contributed by atoms with Crippen molar-refractivity contribution in [1.82, 2.24) is 24.4 Å². The van der Waals surface area contributed by atoms with Crippen molar-refractivity contribution in [3.63, 3.8) is 0 Å². The van der Waals surface area contributed by atoms with Gasteiger partial charge in [-0.1, -0.05) is 0 Å². The largest absolute Gasteiger partial charge is 0.282 e. The Morgan fingerprint density at radius 3 is 2.68 bits per heavy atom. The first-order valence-electron chi connectivity index (χ1n) is 5.87. The predicted molar refractivity (Wildman–Crippen MR) is 69.4 cm³/mol. The molecule has 0 spiro atoms. The summed E-state index contributed by atoms with van der Waals surface area (Å²) in [6.07, 6.45) is 1.81. The van der Waals surface area contributed by atoms with Crippen molar-refractivity contribution in [3.05, 3.63) is 35.3 Å². The molecule has 0 aliphatic rings. The number of aromatic nitrogens is 5. The molecular weight excluding hydrogens is 240 g/mol. The molecule has 0 aromatic carbocycles. The fraction of sp³-hybridized carbons (Fsp3) is 0.231. The van der Waals surface area contributed by atoms with E-state index in [0.29, 0.717) is 11.2 Å². The minimum absolute atomic E-state index is 0.575. The average molecular weight is 252 g/mol. The van der Waals surface area contributed by atoms with Crippen LogP contribution in [0.4, 0.5) is 0 Å². The van der Waals surface area contributed by atoms with Crippen molar-refractivity contribution >= 4 is 5.65 Å². The van der Waals surface area contributed by atoms with Crippen LogP contribution in [0.2, 0.25) is 0 Å². The van der Waals surface area contributed by atoms with Gasteiger partial charge in [0.05, 0.1) is 22.9 Å². The molecule has 0 N–H and O–H groups in total. The lowest BCUT2D eigenvalue weighted by molar-refractivity contribution is 0.731. The highest BCUT2D eigenvalue weighted by molar-refractivity contribution is 5.65. The van der Waals surface area contributed by atoms with Crippen molar-refractivity contribution in [1.29, 1.82) is 5.26 Å². The summed E-state index contributed by atoms with van der Waals surface area (Å²) in [5.74, 6) is 0.752. The van der Waals surface area contributed by atoms with Crippen LogP contribution in [0.1, 0.15) is 17.0 Å². The Morgan fingerprint density at radius 2 is 2.05 bits per heavy atom. The first kappa shape index (κ1) is 11.4. The molecule has 3 aromatic rings. The second-order valence-electron chi connectivity index (χ2n) is 4.45. The molecule has 6 heteroatoms. The van der Waals surface area contributed by atoms with E-state index in [2.05, 4.69) is 21.4 Å².